The van der Waals surface area contributed by atoms with Gasteiger partial charge in [-0.2, -0.15) is 4.98 Å². The van der Waals surface area contributed by atoms with Crippen LogP contribution in [0.3, 0.4) is 0 Å². The normalized spacial score (nSPS) is 11.7. The first-order valence-electron chi connectivity index (χ1n) is 6.92. The molecule has 23 heavy (non-hydrogen) atoms. The van der Waals surface area contributed by atoms with Gasteiger partial charge in [0.15, 0.2) is 5.60 Å². The maximum absolute atomic E-state index is 12.4. The van der Waals surface area contributed by atoms with Gasteiger partial charge in [-0.15, -0.1) is 16.4 Å². The van der Waals surface area contributed by atoms with E-state index in [-0.39, 0.29) is 11.9 Å². The number of aryl methyl sites for hydroxylation is 1. The summed E-state index contributed by atoms with van der Waals surface area (Å²) in [6.45, 7) is 5.29. The van der Waals surface area contributed by atoms with Crippen LogP contribution < -0.4 is 10.1 Å². The zero-order valence-electron chi connectivity index (χ0n) is 12.8. The highest BCUT2D eigenvalue weighted by Gasteiger charge is 2.31. The third kappa shape index (κ3) is 3.30. The van der Waals surface area contributed by atoms with Crippen LogP contribution in [0.25, 0.3) is 4.96 Å². The third-order valence-corrected chi connectivity index (χ3v) is 4.39. The smallest absolute Gasteiger partial charge is 0.270 e. The summed E-state index contributed by atoms with van der Waals surface area (Å²) < 4.78 is 7.43. The van der Waals surface area contributed by atoms with Gasteiger partial charge in [0.2, 0.25) is 4.96 Å². The van der Waals surface area contributed by atoms with E-state index in [9.17, 15) is 4.79 Å². The van der Waals surface area contributed by atoms with Crippen LogP contribution >= 0.6 is 22.9 Å². The molecule has 8 heteroatoms. The second-order valence-electron chi connectivity index (χ2n) is 5.53. The minimum absolute atomic E-state index is 0.262. The van der Waals surface area contributed by atoms with Gasteiger partial charge in [0.05, 0.1) is 5.69 Å². The van der Waals surface area contributed by atoms with Crippen molar-refractivity contribution in [2.75, 3.05) is 5.32 Å². The van der Waals surface area contributed by atoms with E-state index >= 15 is 0 Å². The Morgan fingerprint density at radius 2 is 2.04 bits per heavy atom. The van der Waals surface area contributed by atoms with Gasteiger partial charge in [0.1, 0.15) is 5.75 Å². The molecular weight excluding hydrogens is 336 g/mol. The number of hydrogen-bond donors (Lipinski definition) is 1. The molecule has 120 valence electrons. The zero-order valence-corrected chi connectivity index (χ0v) is 14.4. The number of anilines is 1. The van der Waals surface area contributed by atoms with Crippen LogP contribution in [0.2, 0.25) is 5.02 Å². The van der Waals surface area contributed by atoms with E-state index in [1.807, 2.05) is 12.3 Å². The van der Waals surface area contributed by atoms with Gasteiger partial charge in [-0.05, 0) is 45.0 Å². The van der Waals surface area contributed by atoms with Crippen LogP contribution in [-0.2, 0) is 4.79 Å². The first kappa shape index (κ1) is 15.8. The molecule has 0 aliphatic rings. The number of carbonyl (C=O) groups excluding carboxylic acids is 1. The van der Waals surface area contributed by atoms with Gasteiger partial charge in [-0.25, -0.2) is 4.52 Å². The van der Waals surface area contributed by atoms with Crippen LogP contribution in [0.5, 0.6) is 5.75 Å². The highest BCUT2D eigenvalue weighted by atomic mass is 35.5. The number of carbonyl (C=O) groups is 1. The molecule has 0 atom stereocenters. The van der Waals surface area contributed by atoms with Gasteiger partial charge in [0, 0.05) is 10.4 Å². The summed E-state index contributed by atoms with van der Waals surface area (Å²) in [4.78, 5) is 17.4. The van der Waals surface area contributed by atoms with Crippen molar-refractivity contribution in [3.63, 3.8) is 0 Å². The minimum Gasteiger partial charge on any atom is -0.478 e. The van der Waals surface area contributed by atoms with Gasteiger partial charge in [-0.3, -0.25) is 10.1 Å². The second kappa shape index (κ2) is 5.82. The molecule has 0 fully saturated rings. The fourth-order valence-corrected chi connectivity index (χ4v) is 2.87. The molecule has 0 radical (unpaired) electrons. The Kier molecular flexibility index (Phi) is 3.99. The van der Waals surface area contributed by atoms with E-state index < -0.39 is 5.60 Å². The summed E-state index contributed by atoms with van der Waals surface area (Å²) in [5.74, 6) is 0.491. The van der Waals surface area contributed by atoms with Crippen LogP contribution in [-0.4, -0.2) is 26.1 Å². The summed E-state index contributed by atoms with van der Waals surface area (Å²) in [5, 5.41) is 9.51. The molecular formula is C15H15ClN4O2S. The molecule has 1 aromatic carbocycles. The number of amides is 1. The summed E-state index contributed by atoms with van der Waals surface area (Å²) in [6.07, 6.45) is 0. The Bertz CT molecular complexity index is 854. The molecule has 2 heterocycles. The first-order chi connectivity index (χ1) is 10.8. The average molecular weight is 351 g/mol. The van der Waals surface area contributed by atoms with Crippen molar-refractivity contribution >= 4 is 39.8 Å². The van der Waals surface area contributed by atoms with E-state index in [2.05, 4.69) is 15.4 Å². The maximum Gasteiger partial charge on any atom is 0.270 e. The molecule has 0 aliphatic heterocycles. The topological polar surface area (TPSA) is 68.5 Å². The molecule has 3 aromatic rings. The van der Waals surface area contributed by atoms with E-state index in [4.69, 9.17) is 16.3 Å². The van der Waals surface area contributed by atoms with Crippen molar-refractivity contribution in [1.29, 1.82) is 0 Å². The minimum atomic E-state index is -1.08. The van der Waals surface area contributed by atoms with Crippen molar-refractivity contribution in [1.82, 2.24) is 14.6 Å². The summed E-state index contributed by atoms with van der Waals surface area (Å²) >= 11 is 7.31. The number of benzene rings is 1. The van der Waals surface area contributed by atoms with E-state index in [0.717, 1.165) is 10.7 Å². The molecule has 1 N–H and O–H groups in total. The number of nitrogens with one attached hydrogen (secondary N) is 1. The molecule has 2 aromatic heterocycles. The number of thiazole rings is 1. The lowest BCUT2D eigenvalue weighted by molar-refractivity contribution is -0.128. The van der Waals surface area contributed by atoms with Gasteiger partial charge in [0.25, 0.3) is 11.9 Å². The average Bonchev–Trinajstić information content (AvgIpc) is 3.03. The second-order valence-corrected chi connectivity index (χ2v) is 6.80. The van der Waals surface area contributed by atoms with E-state index in [1.54, 1.807) is 42.6 Å². The summed E-state index contributed by atoms with van der Waals surface area (Å²) in [5.41, 5.74) is -0.114. The van der Waals surface area contributed by atoms with Crippen LogP contribution in [0.4, 0.5) is 5.95 Å². The fourth-order valence-electron chi connectivity index (χ4n) is 1.94. The molecule has 0 aliphatic carbocycles. The largest absolute Gasteiger partial charge is 0.478 e. The first-order valence-corrected chi connectivity index (χ1v) is 8.18. The number of aromatic nitrogens is 3. The predicted molar refractivity (Wildman–Crippen MR) is 90.4 cm³/mol. The lowest BCUT2D eigenvalue weighted by Gasteiger charge is -2.24. The number of halogens is 1. The van der Waals surface area contributed by atoms with Crippen molar-refractivity contribution in [2.45, 2.75) is 26.4 Å². The van der Waals surface area contributed by atoms with Crippen molar-refractivity contribution < 1.29 is 9.53 Å². The Morgan fingerprint density at radius 3 is 2.70 bits per heavy atom. The van der Waals surface area contributed by atoms with Crippen LogP contribution in [0, 0.1) is 6.92 Å². The van der Waals surface area contributed by atoms with Gasteiger partial charge >= 0.3 is 0 Å². The quantitative estimate of drug-likeness (QED) is 0.781. The molecule has 1 amide bonds. The maximum atomic E-state index is 12.4. The van der Waals surface area contributed by atoms with Crippen LogP contribution in [0.1, 0.15) is 19.5 Å². The standard InChI is InChI=1S/C15H15ClN4O2S/c1-9-8-23-14-18-13(19-20(9)14)17-12(21)15(2,3)22-11-6-4-10(16)5-7-11/h4-8H,1-3H3,(H,17,19,21). The molecule has 0 saturated carbocycles. The summed E-state index contributed by atoms with van der Waals surface area (Å²) in [7, 11) is 0. The van der Waals surface area contributed by atoms with Crippen molar-refractivity contribution in [2.24, 2.45) is 0 Å². The Balaban J connectivity index is 1.73. The molecule has 0 spiro atoms. The van der Waals surface area contributed by atoms with Gasteiger partial charge < -0.3 is 4.74 Å². The molecule has 3 rings (SSSR count). The number of fused-ring (bicyclic) bond motifs is 1. The monoisotopic (exact) mass is 350 g/mol. The van der Waals surface area contributed by atoms with E-state index in [0.29, 0.717) is 10.8 Å². The lowest BCUT2D eigenvalue weighted by atomic mass is 10.1. The lowest BCUT2D eigenvalue weighted by Crippen LogP contribution is -2.42. The highest BCUT2D eigenvalue weighted by molar-refractivity contribution is 7.15. The highest BCUT2D eigenvalue weighted by Crippen LogP contribution is 2.22. The number of nitrogens with zero attached hydrogens (tertiary/aromatic N) is 3. The Hall–Kier alpha value is -2.12. The van der Waals surface area contributed by atoms with Crippen molar-refractivity contribution in [3.05, 3.63) is 40.4 Å². The number of rotatable bonds is 4. The van der Waals surface area contributed by atoms with Crippen molar-refractivity contribution in [3.8, 4) is 5.75 Å². The number of hydrogen-bond acceptors (Lipinski definition) is 5. The third-order valence-electron chi connectivity index (χ3n) is 3.21. The Labute approximate surface area is 142 Å². The molecule has 0 bridgehead atoms. The molecule has 0 unspecified atom stereocenters. The SMILES string of the molecule is Cc1csc2nc(NC(=O)C(C)(C)Oc3ccc(Cl)cc3)nn12. The number of ether oxygens (including phenoxy) is 1. The Morgan fingerprint density at radius 1 is 1.35 bits per heavy atom. The molecule has 6 nitrogen and oxygen atoms in total. The summed E-state index contributed by atoms with van der Waals surface area (Å²) in [6, 6.07) is 6.84. The van der Waals surface area contributed by atoms with Crippen LogP contribution in [0.15, 0.2) is 29.6 Å². The van der Waals surface area contributed by atoms with E-state index in [1.165, 1.54) is 11.3 Å². The predicted octanol–water partition coefficient (Wildman–Crippen LogP) is 3.55. The fraction of sp³-hybridized carbons (Fsp3) is 0.267. The molecule has 0 saturated heterocycles. The van der Waals surface area contributed by atoms with Gasteiger partial charge in [-0.1, -0.05) is 11.6 Å². The zero-order chi connectivity index (χ0) is 16.6.